The zero-order valence-electron chi connectivity index (χ0n) is 8.95. The minimum atomic E-state index is 0.199. The fourth-order valence-electron chi connectivity index (χ4n) is 1.94. The van der Waals surface area contributed by atoms with E-state index in [1.54, 1.807) is 0 Å². The van der Waals surface area contributed by atoms with E-state index in [2.05, 4.69) is 17.5 Å². The summed E-state index contributed by atoms with van der Waals surface area (Å²) in [6, 6.07) is 0.468. The Bertz CT molecular complexity index is 239. The maximum Gasteiger partial charge on any atom is 0.236 e. The zero-order chi connectivity index (χ0) is 10.5. The third-order valence-corrected chi connectivity index (χ3v) is 2.91. The van der Waals surface area contributed by atoms with Crippen molar-refractivity contribution in [1.82, 2.24) is 10.2 Å². The molecular weight excluding hydrogens is 192 g/mol. The summed E-state index contributed by atoms with van der Waals surface area (Å²) in [7, 11) is 0. The molecule has 4 nitrogen and oxygen atoms in total. The summed E-state index contributed by atoms with van der Waals surface area (Å²) in [6.45, 7) is 3.30. The number of morpholine rings is 1. The van der Waals surface area contributed by atoms with Gasteiger partial charge in [0.25, 0.3) is 0 Å². The first-order chi connectivity index (χ1) is 7.36. The molecule has 0 bridgehead atoms. The Morgan fingerprint density at radius 1 is 1.33 bits per heavy atom. The first-order valence-corrected chi connectivity index (χ1v) is 5.60. The van der Waals surface area contributed by atoms with Gasteiger partial charge in [-0.3, -0.25) is 4.79 Å². The van der Waals surface area contributed by atoms with Gasteiger partial charge in [-0.25, -0.2) is 0 Å². The number of hydrogen-bond donors (Lipinski definition) is 1. The number of hydrogen-bond acceptors (Lipinski definition) is 3. The molecule has 0 aromatic carbocycles. The van der Waals surface area contributed by atoms with Gasteiger partial charge in [-0.1, -0.05) is 12.2 Å². The van der Waals surface area contributed by atoms with Crippen LogP contribution >= 0.6 is 0 Å². The van der Waals surface area contributed by atoms with Crippen LogP contribution in [-0.2, 0) is 9.53 Å². The lowest BCUT2D eigenvalue weighted by atomic mass is 10.2. The molecule has 1 amide bonds. The predicted molar refractivity (Wildman–Crippen MR) is 57.6 cm³/mol. The van der Waals surface area contributed by atoms with Crippen molar-refractivity contribution in [1.29, 1.82) is 0 Å². The van der Waals surface area contributed by atoms with Gasteiger partial charge in [0, 0.05) is 19.1 Å². The highest BCUT2D eigenvalue weighted by molar-refractivity contribution is 5.78. The van der Waals surface area contributed by atoms with Crippen LogP contribution in [0.4, 0.5) is 0 Å². The third kappa shape index (κ3) is 3.04. The van der Waals surface area contributed by atoms with E-state index >= 15 is 0 Å². The summed E-state index contributed by atoms with van der Waals surface area (Å²) in [6.07, 6.45) is 6.43. The molecule has 1 saturated heterocycles. The molecular formula is C11H18N2O2. The van der Waals surface area contributed by atoms with Crippen LogP contribution in [-0.4, -0.2) is 49.7 Å². The number of carbonyl (C=O) groups excluding carboxylic acids is 1. The van der Waals surface area contributed by atoms with Gasteiger partial charge >= 0.3 is 0 Å². The van der Waals surface area contributed by atoms with Crippen molar-refractivity contribution in [3.8, 4) is 0 Å². The third-order valence-electron chi connectivity index (χ3n) is 2.91. The molecule has 2 aliphatic rings. The van der Waals surface area contributed by atoms with Crippen LogP contribution in [0.5, 0.6) is 0 Å². The minimum absolute atomic E-state index is 0.199. The van der Waals surface area contributed by atoms with Crippen molar-refractivity contribution in [3.05, 3.63) is 12.2 Å². The SMILES string of the molecule is O=C(CNC1CC=CC1)N1CCOCC1. The van der Waals surface area contributed by atoms with Crippen molar-refractivity contribution < 1.29 is 9.53 Å². The molecule has 0 unspecified atom stereocenters. The molecule has 1 aliphatic heterocycles. The van der Waals surface area contributed by atoms with Crippen LogP contribution in [0.15, 0.2) is 12.2 Å². The van der Waals surface area contributed by atoms with Gasteiger partial charge in [-0.05, 0) is 12.8 Å². The maximum absolute atomic E-state index is 11.7. The molecule has 4 heteroatoms. The van der Waals surface area contributed by atoms with E-state index < -0.39 is 0 Å². The van der Waals surface area contributed by atoms with E-state index in [-0.39, 0.29) is 5.91 Å². The number of ether oxygens (including phenoxy) is 1. The molecule has 0 atom stereocenters. The first kappa shape index (κ1) is 10.6. The van der Waals surface area contributed by atoms with E-state index in [4.69, 9.17) is 4.74 Å². The quantitative estimate of drug-likeness (QED) is 0.674. The fraction of sp³-hybridized carbons (Fsp3) is 0.727. The Kier molecular flexibility index (Phi) is 3.75. The van der Waals surface area contributed by atoms with Gasteiger partial charge in [0.1, 0.15) is 0 Å². The molecule has 1 heterocycles. The summed E-state index contributed by atoms with van der Waals surface area (Å²) in [5.74, 6) is 0.199. The lowest BCUT2D eigenvalue weighted by molar-refractivity contribution is -0.134. The van der Waals surface area contributed by atoms with Gasteiger partial charge in [0.15, 0.2) is 0 Å². The average Bonchev–Trinajstić information content (AvgIpc) is 2.80. The number of nitrogens with zero attached hydrogens (tertiary/aromatic N) is 1. The van der Waals surface area contributed by atoms with Crippen molar-refractivity contribution in [2.75, 3.05) is 32.8 Å². The first-order valence-electron chi connectivity index (χ1n) is 5.60. The number of nitrogens with one attached hydrogen (secondary N) is 1. The highest BCUT2D eigenvalue weighted by atomic mass is 16.5. The van der Waals surface area contributed by atoms with Crippen molar-refractivity contribution in [2.45, 2.75) is 18.9 Å². The Balaban J connectivity index is 1.67. The smallest absolute Gasteiger partial charge is 0.236 e. The largest absolute Gasteiger partial charge is 0.378 e. The Morgan fingerprint density at radius 2 is 2.00 bits per heavy atom. The highest BCUT2D eigenvalue weighted by Crippen LogP contribution is 2.08. The van der Waals surface area contributed by atoms with E-state index in [9.17, 15) is 4.79 Å². The summed E-state index contributed by atoms with van der Waals surface area (Å²) < 4.78 is 5.20. The zero-order valence-corrected chi connectivity index (χ0v) is 8.95. The van der Waals surface area contributed by atoms with Gasteiger partial charge < -0.3 is 15.0 Å². The number of amides is 1. The van der Waals surface area contributed by atoms with Crippen molar-refractivity contribution >= 4 is 5.91 Å². The van der Waals surface area contributed by atoms with Crippen molar-refractivity contribution in [3.63, 3.8) is 0 Å². The molecule has 0 aromatic rings. The fourth-order valence-corrected chi connectivity index (χ4v) is 1.94. The van der Waals surface area contributed by atoms with Crippen LogP contribution in [0, 0.1) is 0 Å². The molecule has 0 spiro atoms. The second kappa shape index (κ2) is 5.28. The molecule has 0 aromatic heterocycles. The molecule has 1 N–H and O–H groups in total. The molecule has 84 valence electrons. The normalized spacial score (nSPS) is 22.3. The van der Waals surface area contributed by atoms with E-state index in [0.717, 1.165) is 25.9 Å². The van der Waals surface area contributed by atoms with Gasteiger partial charge in [0.2, 0.25) is 5.91 Å². The Hall–Kier alpha value is -0.870. The minimum Gasteiger partial charge on any atom is -0.378 e. The van der Waals surface area contributed by atoms with E-state index in [1.807, 2.05) is 4.90 Å². The van der Waals surface area contributed by atoms with Gasteiger partial charge in [-0.15, -0.1) is 0 Å². The average molecular weight is 210 g/mol. The van der Waals surface area contributed by atoms with Crippen LogP contribution in [0.25, 0.3) is 0 Å². The predicted octanol–water partition coefficient (Wildman–Crippen LogP) is 0.153. The second-order valence-corrected chi connectivity index (χ2v) is 4.01. The second-order valence-electron chi connectivity index (χ2n) is 4.01. The topological polar surface area (TPSA) is 41.6 Å². The van der Waals surface area contributed by atoms with Gasteiger partial charge in [-0.2, -0.15) is 0 Å². The summed E-state index contributed by atoms with van der Waals surface area (Å²) in [4.78, 5) is 13.6. The maximum atomic E-state index is 11.7. The van der Waals surface area contributed by atoms with Gasteiger partial charge in [0.05, 0.1) is 19.8 Å². The highest BCUT2D eigenvalue weighted by Gasteiger charge is 2.18. The van der Waals surface area contributed by atoms with E-state index in [0.29, 0.717) is 25.8 Å². The number of rotatable bonds is 3. The van der Waals surface area contributed by atoms with Crippen molar-refractivity contribution in [2.24, 2.45) is 0 Å². The lowest BCUT2D eigenvalue weighted by Gasteiger charge is -2.27. The van der Waals surface area contributed by atoms with E-state index in [1.165, 1.54) is 0 Å². The lowest BCUT2D eigenvalue weighted by Crippen LogP contribution is -2.46. The molecule has 0 radical (unpaired) electrons. The molecule has 1 aliphatic carbocycles. The molecule has 2 rings (SSSR count). The molecule has 1 fully saturated rings. The molecule has 15 heavy (non-hydrogen) atoms. The number of carbonyl (C=O) groups is 1. The van der Waals surface area contributed by atoms with Crippen LogP contribution in [0.3, 0.4) is 0 Å². The Labute approximate surface area is 90.3 Å². The standard InChI is InChI=1S/C11H18N2O2/c14-11(13-5-7-15-8-6-13)9-12-10-3-1-2-4-10/h1-2,10,12H,3-9H2. The van der Waals surface area contributed by atoms with Crippen LogP contribution in [0.2, 0.25) is 0 Å². The summed E-state index contributed by atoms with van der Waals surface area (Å²) >= 11 is 0. The molecule has 0 saturated carbocycles. The summed E-state index contributed by atoms with van der Waals surface area (Å²) in [5, 5.41) is 3.28. The van der Waals surface area contributed by atoms with Crippen LogP contribution < -0.4 is 5.32 Å². The monoisotopic (exact) mass is 210 g/mol. The van der Waals surface area contributed by atoms with Crippen LogP contribution in [0.1, 0.15) is 12.8 Å². The Morgan fingerprint density at radius 3 is 2.67 bits per heavy atom. The summed E-state index contributed by atoms with van der Waals surface area (Å²) in [5.41, 5.74) is 0.